The molecule has 3 aromatic heterocycles. The predicted molar refractivity (Wildman–Crippen MR) is 156 cm³/mol. The molecule has 4 aromatic rings. The summed E-state index contributed by atoms with van der Waals surface area (Å²) in [6.07, 6.45) is 0.981. The van der Waals surface area contributed by atoms with Gasteiger partial charge in [-0.2, -0.15) is 21.6 Å². The molecule has 0 saturated carbocycles. The van der Waals surface area contributed by atoms with Crippen LogP contribution in [0.4, 0.5) is 18.0 Å². The second-order valence-corrected chi connectivity index (χ2v) is 12.6. The number of nitrogens with two attached hydrogens (primary N) is 1. The maximum atomic E-state index is 13.8. The van der Waals surface area contributed by atoms with Crippen molar-refractivity contribution in [1.82, 2.24) is 33.9 Å². The number of urea groups is 1. The van der Waals surface area contributed by atoms with E-state index >= 15 is 0 Å². The van der Waals surface area contributed by atoms with Crippen molar-refractivity contribution in [2.75, 3.05) is 26.2 Å². The number of carbonyl (C=O) groups excluding carboxylic acids is 2. The summed E-state index contributed by atoms with van der Waals surface area (Å²) in [5, 5.41) is 7.55. The van der Waals surface area contributed by atoms with Crippen molar-refractivity contribution >= 4 is 50.6 Å². The molecule has 4 N–H and O–H groups in total. The summed E-state index contributed by atoms with van der Waals surface area (Å²) in [5.74, 6) is -1.61. The number of carbonyl (C=O) groups is 2. The molecule has 0 unspecified atom stereocenters. The maximum Gasteiger partial charge on any atom is 0.405 e. The van der Waals surface area contributed by atoms with Crippen LogP contribution in [0.25, 0.3) is 16.8 Å². The zero-order chi connectivity index (χ0) is 31.8. The molecule has 1 aliphatic rings. The Morgan fingerprint density at radius 2 is 1.95 bits per heavy atom. The first-order valence-corrected chi connectivity index (χ1v) is 15.7. The number of aromatic nitrogens is 4. The average Bonchev–Trinajstić information content (AvgIpc) is 3.68. The molecule has 3 atom stereocenters. The minimum absolute atomic E-state index is 0.0511. The fourth-order valence-electron chi connectivity index (χ4n) is 5.69. The zero-order valence-corrected chi connectivity index (χ0v) is 25.0. The van der Waals surface area contributed by atoms with E-state index in [-0.39, 0.29) is 37.9 Å². The standard InChI is InChI=1S/C27H30ClF3N8O4S/c1-2-17-13-37(26(41)35-15-27(29,30)31)14-20(17)22-11-33-23-12-34-24-21(39(22)23)6-7-38(24)25(40)18(10-36-44(32,42)43)8-16-4-3-5-19(28)9-16/h3-7,9,11-12,17-18,20,36H,2,8,10,13-15H2,1H3,(H,35,41)(H2,32,42,43)/t17-,18+,20+/m1/s1. The Morgan fingerprint density at radius 3 is 2.64 bits per heavy atom. The number of benzene rings is 1. The molecule has 1 fully saturated rings. The number of likely N-dealkylation sites (tertiary alicyclic amines) is 1. The SMILES string of the molecule is CC[C@@H]1CN(C(=O)NCC(F)(F)F)C[C@@H]1c1cnc2cnc3c(ccn3C(=O)[C@H](CNS(N)(=O)=O)Cc3cccc(Cl)c3)n12. The van der Waals surface area contributed by atoms with Crippen LogP contribution in [0.15, 0.2) is 48.9 Å². The Labute approximate surface area is 255 Å². The van der Waals surface area contributed by atoms with Crippen molar-refractivity contribution in [2.24, 2.45) is 17.0 Å². The Kier molecular flexibility index (Phi) is 8.89. The highest BCUT2D eigenvalue weighted by atomic mass is 35.5. The van der Waals surface area contributed by atoms with Gasteiger partial charge in [-0.25, -0.2) is 24.6 Å². The van der Waals surface area contributed by atoms with Crippen LogP contribution in [0.5, 0.6) is 0 Å². The highest BCUT2D eigenvalue weighted by Crippen LogP contribution is 2.36. The van der Waals surface area contributed by atoms with E-state index in [0.29, 0.717) is 33.8 Å². The second kappa shape index (κ2) is 12.3. The molecule has 0 bridgehead atoms. The van der Waals surface area contributed by atoms with Gasteiger partial charge in [0.25, 0.3) is 10.2 Å². The van der Waals surface area contributed by atoms with Gasteiger partial charge in [-0.15, -0.1) is 0 Å². The van der Waals surface area contributed by atoms with Crippen LogP contribution in [-0.2, 0) is 16.6 Å². The fraction of sp³-hybridized carbons (Fsp3) is 0.407. The third-order valence-electron chi connectivity index (χ3n) is 7.76. The topological polar surface area (TPSA) is 157 Å². The van der Waals surface area contributed by atoms with Gasteiger partial charge in [-0.1, -0.05) is 37.1 Å². The van der Waals surface area contributed by atoms with Crippen molar-refractivity contribution in [3.05, 3.63) is 65.2 Å². The van der Waals surface area contributed by atoms with Gasteiger partial charge < -0.3 is 10.2 Å². The molecule has 1 aromatic carbocycles. The number of hydrogen-bond acceptors (Lipinski definition) is 6. The minimum Gasteiger partial charge on any atom is -0.329 e. The highest BCUT2D eigenvalue weighted by molar-refractivity contribution is 7.87. The summed E-state index contributed by atoms with van der Waals surface area (Å²) in [4.78, 5) is 36.7. The zero-order valence-electron chi connectivity index (χ0n) is 23.5. The van der Waals surface area contributed by atoms with Crippen molar-refractivity contribution in [3.8, 4) is 0 Å². The quantitative estimate of drug-likeness (QED) is 0.251. The number of amides is 2. The minimum atomic E-state index is -4.52. The van der Waals surface area contributed by atoms with Crippen molar-refractivity contribution < 1.29 is 31.2 Å². The summed E-state index contributed by atoms with van der Waals surface area (Å²) in [7, 11) is -4.08. The van der Waals surface area contributed by atoms with Gasteiger partial charge in [0.05, 0.1) is 17.6 Å². The lowest BCUT2D eigenvalue weighted by Gasteiger charge is -2.18. The summed E-state index contributed by atoms with van der Waals surface area (Å²) >= 11 is 6.12. The number of halogens is 4. The van der Waals surface area contributed by atoms with E-state index in [2.05, 4.69) is 14.7 Å². The maximum absolute atomic E-state index is 13.8. The second-order valence-electron chi connectivity index (χ2n) is 10.7. The van der Waals surface area contributed by atoms with Gasteiger partial charge >= 0.3 is 12.2 Å². The molecule has 0 aliphatic carbocycles. The van der Waals surface area contributed by atoms with E-state index in [4.69, 9.17) is 16.7 Å². The fourth-order valence-corrected chi connectivity index (χ4v) is 6.34. The van der Waals surface area contributed by atoms with E-state index in [1.54, 1.807) is 36.5 Å². The third-order valence-corrected chi connectivity index (χ3v) is 8.56. The predicted octanol–water partition coefficient (Wildman–Crippen LogP) is 3.33. The van der Waals surface area contributed by atoms with Crippen molar-refractivity contribution in [2.45, 2.75) is 31.9 Å². The highest BCUT2D eigenvalue weighted by Gasteiger charge is 2.38. The molecule has 1 aliphatic heterocycles. The number of rotatable bonds is 9. The molecular formula is C27H30ClF3N8O4S. The molecule has 0 spiro atoms. The molecule has 44 heavy (non-hydrogen) atoms. The summed E-state index contributed by atoms with van der Waals surface area (Å²) in [5.41, 5.74) is 2.76. The first-order chi connectivity index (χ1) is 20.7. The molecule has 12 nitrogen and oxygen atoms in total. The van der Waals surface area contributed by atoms with Crippen molar-refractivity contribution in [3.63, 3.8) is 0 Å². The van der Waals surface area contributed by atoms with E-state index in [1.165, 1.54) is 21.9 Å². The van der Waals surface area contributed by atoms with Crippen LogP contribution in [0, 0.1) is 11.8 Å². The van der Waals surface area contributed by atoms with Crippen LogP contribution in [0.2, 0.25) is 5.02 Å². The smallest absolute Gasteiger partial charge is 0.329 e. The lowest BCUT2D eigenvalue weighted by Crippen LogP contribution is -2.42. The molecule has 5 rings (SSSR count). The van der Waals surface area contributed by atoms with E-state index < -0.39 is 40.8 Å². The van der Waals surface area contributed by atoms with Gasteiger partial charge in [0, 0.05) is 48.7 Å². The van der Waals surface area contributed by atoms with E-state index in [9.17, 15) is 31.2 Å². The molecule has 4 heterocycles. The first-order valence-electron chi connectivity index (χ1n) is 13.7. The first kappa shape index (κ1) is 31.7. The van der Waals surface area contributed by atoms with Crippen LogP contribution in [-0.4, -0.2) is 76.5 Å². The summed E-state index contributed by atoms with van der Waals surface area (Å²) in [6.45, 7) is 0.710. The third kappa shape index (κ3) is 6.98. The number of nitrogens with one attached hydrogen (secondary N) is 2. The molecule has 236 valence electrons. The summed E-state index contributed by atoms with van der Waals surface area (Å²) < 4.78 is 66.7. The Hall–Kier alpha value is -3.73. The Morgan fingerprint density at radius 1 is 1.18 bits per heavy atom. The number of hydrogen-bond donors (Lipinski definition) is 3. The Bertz CT molecular complexity index is 1810. The van der Waals surface area contributed by atoms with Gasteiger partial charge in [-0.05, 0) is 36.1 Å². The number of alkyl halides is 3. The monoisotopic (exact) mass is 654 g/mol. The van der Waals surface area contributed by atoms with Crippen LogP contribution in [0.3, 0.4) is 0 Å². The molecule has 17 heteroatoms. The molecule has 2 amide bonds. The molecular weight excluding hydrogens is 625 g/mol. The Balaban J connectivity index is 1.47. The van der Waals surface area contributed by atoms with Gasteiger partial charge in [0.1, 0.15) is 6.54 Å². The van der Waals surface area contributed by atoms with Gasteiger partial charge in [0.15, 0.2) is 11.3 Å². The van der Waals surface area contributed by atoms with Gasteiger partial charge in [0.2, 0.25) is 5.91 Å². The number of fused-ring (bicyclic) bond motifs is 3. The number of imidazole rings is 1. The van der Waals surface area contributed by atoms with Gasteiger partial charge in [-0.3, -0.25) is 13.8 Å². The molecule has 0 radical (unpaired) electrons. The average molecular weight is 655 g/mol. The lowest BCUT2D eigenvalue weighted by atomic mass is 9.91. The van der Waals surface area contributed by atoms with E-state index in [1.807, 2.05) is 16.6 Å². The van der Waals surface area contributed by atoms with Crippen LogP contribution in [0.1, 0.15) is 35.3 Å². The van der Waals surface area contributed by atoms with Crippen molar-refractivity contribution in [1.29, 1.82) is 0 Å². The van der Waals surface area contributed by atoms with E-state index in [0.717, 1.165) is 5.69 Å². The largest absolute Gasteiger partial charge is 0.405 e. The lowest BCUT2D eigenvalue weighted by molar-refractivity contribution is -0.123. The van der Waals surface area contributed by atoms with Crippen LogP contribution < -0.4 is 15.2 Å². The summed E-state index contributed by atoms with van der Waals surface area (Å²) in [6, 6.07) is 7.76. The normalized spacial score (nSPS) is 18.3. The molecule has 1 saturated heterocycles. The number of nitrogens with zero attached hydrogens (tertiary/aromatic N) is 5. The van der Waals surface area contributed by atoms with Crippen LogP contribution >= 0.6 is 11.6 Å².